The monoisotopic (exact) mass is 369 g/mol. The van der Waals surface area contributed by atoms with Gasteiger partial charge in [0.2, 0.25) is 0 Å². The van der Waals surface area contributed by atoms with Crippen molar-refractivity contribution in [2.24, 2.45) is 0 Å². The minimum absolute atomic E-state index is 0.0290. The zero-order valence-corrected chi connectivity index (χ0v) is 12.1. The van der Waals surface area contributed by atoms with E-state index in [4.69, 9.17) is 0 Å². The Kier molecular flexibility index (Phi) is 4.75. The molecular formula is C10H12INO4S. The van der Waals surface area contributed by atoms with Gasteiger partial charge in [0, 0.05) is 18.4 Å². The molecule has 0 atom stereocenters. The van der Waals surface area contributed by atoms with E-state index >= 15 is 0 Å². The molecule has 0 unspecified atom stereocenters. The standard InChI is InChI=1S/C10H12INO4S/c1-17(15,16)5-4-12-10(14)7-2-3-8(11)9(13)6-7/h2-3,6,13H,4-5H2,1H3,(H,12,14). The molecule has 0 aliphatic carbocycles. The number of amides is 1. The van der Waals surface area contributed by atoms with Gasteiger partial charge < -0.3 is 10.4 Å². The van der Waals surface area contributed by atoms with Crippen LogP contribution in [0.5, 0.6) is 5.75 Å². The second-order valence-corrected chi connectivity index (χ2v) is 6.97. The first-order valence-corrected chi connectivity index (χ1v) is 7.88. The average molecular weight is 369 g/mol. The maximum absolute atomic E-state index is 11.6. The van der Waals surface area contributed by atoms with Crippen molar-refractivity contribution in [3.05, 3.63) is 27.3 Å². The molecule has 0 aliphatic heterocycles. The zero-order chi connectivity index (χ0) is 13.1. The van der Waals surface area contributed by atoms with Crippen LogP contribution in [0.15, 0.2) is 18.2 Å². The molecule has 1 aromatic rings. The molecule has 7 heteroatoms. The topological polar surface area (TPSA) is 83.5 Å². The fraction of sp³-hybridized carbons (Fsp3) is 0.300. The van der Waals surface area contributed by atoms with Gasteiger partial charge in [0.05, 0.1) is 9.32 Å². The van der Waals surface area contributed by atoms with E-state index in [1.807, 2.05) is 22.6 Å². The average Bonchev–Trinajstić information content (AvgIpc) is 2.20. The molecule has 0 saturated carbocycles. The first-order chi connectivity index (χ1) is 7.79. The van der Waals surface area contributed by atoms with Crippen LogP contribution in [0.2, 0.25) is 0 Å². The third-order valence-electron chi connectivity index (χ3n) is 1.97. The van der Waals surface area contributed by atoms with Crippen LogP contribution in [-0.4, -0.2) is 38.0 Å². The predicted octanol–water partition coefficient (Wildman–Crippen LogP) is 0.771. The van der Waals surface area contributed by atoms with E-state index in [1.165, 1.54) is 6.07 Å². The van der Waals surface area contributed by atoms with Crippen molar-refractivity contribution in [3.63, 3.8) is 0 Å². The first-order valence-electron chi connectivity index (χ1n) is 4.74. The van der Waals surface area contributed by atoms with Crippen LogP contribution < -0.4 is 5.32 Å². The SMILES string of the molecule is CS(=O)(=O)CCNC(=O)c1ccc(I)c(O)c1. The van der Waals surface area contributed by atoms with E-state index in [2.05, 4.69) is 5.32 Å². The van der Waals surface area contributed by atoms with Crippen LogP contribution in [0, 0.1) is 3.57 Å². The molecule has 0 heterocycles. The summed E-state index contributed by atoms with van der Waals surface area (Å²) in [5.41, 5.74) is 0.302. The Bertz CT molecular complexity index is 527. The van der Waals surface area contributed by atoms with Gasteiger partial charge >= 0.3 is 0 Å². The second kappa shape index (κ2) is 5.67. The summed E-state index contributed by atoms with van der Waals surface area (Å²) in [5, 5.41) is 11.9. The molecule has 1 amide bonds. The normalized spacial score (nSPS) is 11.2. The van der Waals surface area contributed by atoms with Crippen LogP contribution in [0.3, 0.4) is 0 Å². The smallest absolute Gasteiger partial charge is 0.251 e. The summed E-state index contributed by atoms with van der Waals surface area (Å²) in [6.07, 6.45) is 1.11. The lowest BCUT2D eigenvalue weighted by Gasteiger charge is -2.05. The number of hydrogen-bond donors (Lipinski definition) is 2. The molecule has 1 rings (SSSR count). The van der Waals surface area contributed by atoms with Crippen molar-refractivity contribution in [2.75, 3.05) is 18.6 Å². The van der Waals surface area contributed by atoms with Crippen molar-refractivity contribution < 1.29 is 18.3 Å². The quantitative estimate of drug-likeness (QED) is 0.769. The molecule has 0 bridgehead atoms. The molecule has 17 heavy (non-hydrogen) atoms. The molecule has 0 aliphatic rings. The minimum Gasteiger partial charge on any atom is -0.507 e. The Morgan fingerprint density at radius 1 is 1.47 bits per heavy atom. The van der Waals surface area contributed by atoms with Gasteiger partial charge in [-0.2, -0.15) is 0 Å². The van der Waals surface area contributed by atoms with Gasteiger partial charge in [-0.25, -0.2) is 8.42 Å². The third-order valence-corrected chi connectivity index (χ3v) is 3.82. The number of carbonyl (C=O) groups is 1. The molecule has 0 spiro atoms. The highest BCUT2D eigenvalue weighted by Crippen LogP contribution is 2.20. The van der Waals surface area contributed by atoms with Gasteiger partial charge in [-0.3, -0.25) is 4.79 Å². The summed E-state index contributed by atoms with van der Waals surface area (Å²) in [5.74, 6) is -0.476. The summed E-state index contributed by atoms with van der Waals surface area (Å²) < 4.78 is 22.4. The molecule has 94 valence electrons. The number of carbonyl (C=O) groups excluding carboxylic acids is 1. The maximum atomic E-state index is 11.6. The molecule has 0 saturated heterocycles. The summed E-state index contributed by atoms with van der Waals surface area (Å²) in [4.78, 5) is 11.6. The highest BCUT2D eigenvalue weighted by molar-refractivity contribution is 14.1. The Morgan fingerprint density at radius 2 is 2.12 bits per heavy atom. The number of benzene rings is 1. The summed E-state index contributed by atoms with van der Waals surface area (Å²) in [6, 6.07) is 4.52. The largest absolute Gasteiger partial charge is 0.507 e. The van der Waals surface area contributed by atoms with E-state index in [-0.39, 0.29) is 18.0 Å². The Hall–Kier alpha value is -0.830. The highest BCUT2D eigenvalue weighted by Gasteiger charge is 2.09. The maximum Gasteiger partial charge on any atom is 0.251 e. The van der Waals surface area contributed by atoms with E-state index in [1.54, 1.807) is 12.1 Å². The Balaban J connectivity index is 2.61. The number of phenolic OH excluding ortho intramolecular Hbond substituents is 1. The van der Waals surface area contributed by atoms with Crippen LogP contribution in [-0.2, 0) is 9.84 Å². The number of rotatable bonds is 4. The van der Waals surface area contributed by atoms with Gasteiger partial charge in [-0.15, -0.1) is 0 Å². The summed E-state index contributed by atoms with van der Waals surface area (Å²) >= 11 is 1.94. The van der Waals surface area contributed by atoms with Gasteiger partial charge in [0.25, 0.3) is 5.91 Å². The van der Waals surface area contributed by atoms with Crippen molar-refractivity contribution in [2.45, 2.75) is 0 Å². The van der Waals surface area contributed by atoms with Crippen LogP contribution >= 0.6 is 22.6 Å². The fourth-order valence-corrected chi connectivity index (χ4v) is 1.91. The molecule has 0 radical (unpaired) electrons. The first kappa shape index (κ1) is 14.2. The van der Waals surface area contributed by atoms with Gasteiger partial charge in [0.1, 0.15) is 15.6 Å². The lowest BCUT2D eigenvalue weighted by Crippen LogP contribution is -2.28. The Morgan fingerprint density at radius 3 is 2.65 bits per heavy atom. The van der Waals surface area contributed by atoms with Crippen molar-refractivity contribution in [1.82, 2.24) is 5.32 Å². The number of phenols is 1. The molecule has 0 fully saturated rings. The lowest BCUT2D eigenvalue weighted by molar-refractivity contribution is 0.0955. The van der Waals surface area contributed by atoms with Crippen molar-refractivity contribution in [1.29, 1.82) is 0 Å². The predicted molar refractivity (Wildman–Crippen MR) is 72.9 cm³/mol. The summed E-state index contributed by atoms with van der Waals surface area (Å²) in [7, 11) is -3.08. The van der Waals surface area contributed by atoms with Crippen LogP contribution in [0.4, 0.5) is 0 Å². The molecule has 2 N–H and O–H groups in total. The minimum atomic E-state index is -3.08. The number of hydrogen-bond acceptors (Lipinski definition) is 4. The van der Waals surface area contributed by atoms with E-state index in [0.29, 0.717) is 9.13 Å². The Labute approximate surface area is 113 Å². The highest BCUT2D eigenvalue weighted by atomic mass is 127. The van der Waals surface area contributed by atoms with Crippen LogP contribution in [0.25, 0.3) is 0 Å². The number of aromatic hydroxyl groups is 1. The second-order valence-electron chi connectivity index (χ2n) is 3.55. The molecular weight excluding hydrogens is 357 g/mol. The molecule has 1 aromatic carbocycles. The van der Waals surface area contributed by atoms with Crippen LogP contribution in [0.1, 0.15) is 10.4 Å². The fourth-order valence-electron chi connectivity index (χ4n) is 1.11. The van der Waals surface area contributed by atoms with E-state index in [0.717, 1.165) is 6.26 Å². The van der Waals surface area contributed by atoms with Gasteiger partial charge in [0.15, 0.2) is 0 Å². The van der Waals surface area contributed by atoms with Crippen molar-refractivity contribution in [3.8, 4) is 5.75 Å². The zero-order valence-electron chi connectivity index (χ0n) is 9.10. The number of nitrogens with one attached hydrogen (secondary N) is 1. The van der Waals surface area contributed by atoms with Gasteiger partial charge in [-0.1, -0.05) is 0 Å². The van der Waals surface area contributed by atoms with Crippen molar-refractivity contribution >= 4 is 38.3 Å². The van der Waals surface area contributed by atoms with E-state index < -0.39 is 15.7 Å². The van der Waals surface area contributed by atoms with Gasteiger partial charge in [-0.05, 0) is 40.8 Å². The summed E-state index contributed by atoms with van der Waals surface area (Å²) in [6.45, 7) is 0.0599. The number of halogens is 1. The molecule has 5 nitrogen and oxygen atoms in total. The van der Waals surface area contributed by atoms with E-state index in [9.17, 15) is 18.3 Å². The molecule has 0 aromatic heterocycles. The lowest BCUT2D eigenvalue weighted by atomic mass is 10.2. The number of sulfone groups is 1. The third kappa shape index (κ3) is 4.90.